The van der Waals surface area contributed by atoms with Crippen molar-refractivity contribution in [3.63, 3.8) is 0 Å². The minimum absolute atomic E-state index is 0.829. The normalized spacial score (nSPS) is 13.6. The molecule has 0 aliphatic carbocycles. The monoisotopic (exact) mass is 372 g/mol. The fourth-order valence-electron chi connectivity index (χ4n) is 2.34. The standard InChI is InChI=1S/C14H34FO4PSi2/c1-7-9-11-13-21(3,4)18-20(16,17-15)19-22(5,6)14-12-10-8-2/h7-14H2,1-6H3. The van der Waals surface area contributed by atoms with Crippen molar-refractivity contribution >= 4 is 24.5 Å². The fourth-order valence-corrected chi connectivity index (χ4v) is 10.8. The number of hydrogen-bond donors (Lipinski definition) is 0. The Morgan fingerprint density at radius 2 is 1.18 bits per heavy atom. The predicted molar refractivity (Wildman–Crippen MR) is 95.6 cm³/mol. The zero-order chi connectivity index (χ0) is 17.3. The first-order chi connectivity index (χ1) is 10.1. The molecule has 0 aliphatic heterocycles. The third-order valence-electron chi connectivity index (χ3n) is 3.57. The van der Waals surface area contributed by atoms with Crippen LogP contribution in [-0.2, 0) is 17.7 Å². The van der Waals surface area contributed by atoms with Crippen molar-refractivity contribution in [1.82, 2.24) is 0 Å². The lowest BCUT2D eigenvalue weighted by molar-refractivity contribution is -0.0354. The van der Waals surface area contributed by atoms with Gasteiger partial charge in [-0.05, 0) is 42.8 Å². The molecule has 0 fully saturated rings. The number of phosphoric acid groups is 1. The Morgan fingerprint density at radius 1 is 0.818 bits per heavy atom. The summed E-state index contributed by atoms with van der Waals surface area (Å²) in [6.07, 6.45) is 6.40. The summed E-state index contributed by atoms with van der Waals surface area (Å²) in [5, 5.41) is 0. The summed E-state index contributed by atoms with van der Waals surface area (Å²) in [5.41, 5.74) is 0. The Morgan fingerprint density at radius 3 is 1.45 bits per heavy atom. The zero-order valence-electron chi connectivity index (χ0n) is 15.1. The van der Waals surface area contributed by atoms with Crippen LogP contribution in [0.15, 0.2) is 0 Å². The van der Waals surface area contributed by atoms with Gasteiger partial charge in [0.15, 0.2) is 0 Å². The van der Waals surface area contributed by atoms with E-state index in [0.717, 1.165) is 50.6 Å². The van der Waals surface area contributed by atoms with Crippen molar-refractivity contribution < 1.29 is 22.2 Å². The molecule has 0 bridgehead atoms. The molecular formula is C14H34FO4PSi2. The highest BCUT2D eigenvalue weighted by molar-refractivity contribution is 7.52. The van der Waals surface area contributed by atoms with Gasteiger partial charge in [0.2, 0.25) is 16.6 Å². The second-order valence-electron chi connectivity index (χ2n) is 7.13. The van der Waals surface area contributed by atoms with E-state index in [2.05, 4.69) is 18.6 Å². The zero-order valence-corrected chi connectivity index (χ0v) is 18.0. The molecule has 0 aliphatic rings. The van der Waals surface area contributed by atoms with Gasteiger partial charge in [0.1, 0.15) is 0 Å². The smallest absolute Gasteiger partial charge is 0.329 e. The topological polar surface area (TPSA) is 44.8 Å². The van der Waals surface area contributed by atoms with Gasteiger partial charge >= 0.3 is 7.82 Å². The van der Waals surface area contributed by atoms with Gasteiger partial charge in [-0.1, -0.05) is 57.1 Å². The largest absolute Gasteiger partial charge is 0.486 e. The maximum atomic E-state index is 12.9. The maximum Gasteiger partial charge on any atom is 0.486 e. The van der Waals surface area contributed by atoms with E-state index in [1.165, 1.54) is 0 Å². The highest BCUT2D eigenvalue weighted by atomic mass is 31.2. The van der Waals surface area contributed by atoms with Gasteiger partial charge in [-0.15, -0.1) is 0 Å². The van der Waals surface area contributed by atoms with Gasteiger partial charge in [0.25, 0.3) is 0 Å². The molecule has 22 heavy (non-hydrogen) atoms. The van der Waals surface area contributed by atoms with Crippen LogP contribution in [0.5, 0.6) is 0 Å². The molecule has 0 radical (unpaired) electrons. The Labute approximate surface area is 137 Å². The molecule has 0 heterocycles. The Balaban J connectivity index is 4.64. The van der Waals surface area contributed by atoms with Crippen LogP contribution in [0.3, 0.4) is 0 Å². The second-order valence-corrected chi connectivity index (χ2v) is 17.7. The van der Waals surface area contributed by atoms with Gasteiger partial charge < -0.3 is 8.43 Å². The summed E-state index contributed by atoms with van der Waals surface area (Å²) in [5.74, 6) is 0. The van der Waals surface area contributed by atoms with Gasteiger partial charge in [0.05, 0.1) is 0 Å². The highest BCUT2D eigenvalue weighted by Crippen LogP contribution is 2.55. The van der Waals surface area contributed by atoms with E-state index in [0.29, 0.717) is 0 Å². The van der Waals surface area contributed by atoms with Gasteiger partial charge in [-0.3, -0.25) is 0 Å². The summed E-state index contributed by atoms with van der Waals surface area (Å²) < 4.78 is 40.3. The molecule has 0 aromatic rings. The molecule has 0 N–H and O–H groups in total. The van der Waals surface area contributed by atoms with Crippen LogP contribution >= 0.6 is 7.82 Å². The van der Waals surface area contributed by atoms with Crippen LogP contribution in [0.2, 0.25) is 38.3 Å². The molecule has 134 valence electrons. The van der Waals surface area contributed by atoms with E-state index < -0.39 is 24.5 Å². The number of rotatable bonds is 13. The van der Waals surface area contributed by atoms with Gasteiger partial charge in [-0.2, -0.15) is 0 Å². The maximum absolute atomic E-state index is 12.9. The van der Waals surface area contributed by atoms with Crippen molar-refractivity contribution in [2.45, 2.75) is 90.6 Å². The Bertz CT molecular complexity index is 326. The number of hydrogen-bond acceptors (Lipinski definition) is 4. The molecule has 4 nitrogen and oxygen atoms in total. The first kappa shape index (κ1) is 22.5. The second kappa shape index (κ2) is 10.4. The first-order valence-corrected chi connectivity index (χ1v) is 16.1. The lowest BCUT2D eigenvalue weighted by Crippen LogP contribution is -2.34. The molecule has 0 aromatic carbocycles. The summed E-state index contributed by atoms with van der Waals surface area (Å²) in [6.45, 7) is 12.0. The highest BCUT2D eigenvalue weighted by Gasteiger charge is 2.42. The van der Waals surface area contributed by atoms with Crippen LogP contribution in [-0.4, -0.2) is 16.6 Å². The minimum atomic E-state index is -4.08. The predicted octanol–water partition coefficient (Wildman–Crippen LogP) is 6.82. The van der Waals surface area contributed by atoms with Crippen LogP contribution in [0, 0.1) is 0 Å². The first-order valence-electron chi connectivity index (χ1n) is 8.41. The minimum Gasteiger partial charge on any atom is -0.329 e. The third kappa shape index (κ3) is 10.3. The van der Waals surface area contributed by atoms with Gasteiger partial charge in [-0.25, -0.2) is 4.57 Å². The van der Waals surface area contributed by atoms with Crippen molar-refractivity contribution in [2.75, 3.05) is 0 Å². The van der Waals surface area contributed by atoms with E-state index in [1.54, 1.807) is 0 Å². The van der Waals surface area contributed by atoms with E-state index in [9.17, 15) is 9.09 Å². The van der Waals surface area contributed by atoms with E-state index in [-0.39, 0.29) is 0 Å². The molecule has 0 unspecified atom stereocenters. The van der Waals surface area contributed by atoms with Crippen molar-refractivity contribution in [2.24, 2.45) is 0 Å². The third-order valence-corrected chi connectivity index (χ3v) is 12.6. The van der Waals surface area contributed by atoms with Crippen LogP contribution in [0.25, 0.3) is 0 Å². The lowest BCUT2D eigenvalue weighted by Gasteiger charge is -2.31. The van der Waals surface area contributed by atoms with Crippen LogP contribution < -0.4 is 0 Å². The SMILES string of the molecule is CCCCC[Si](C)(C)OP(=O)(OF)O[Si](C)(C)CCCCC. The Kier molecular flexibility index (Phi) is 10.6. The summed E-state index contributed by atoms with van der Waals surface area (Å²) in [4.78, 5) is 0. The van der Waals surface area contributed by atoms with E-state index in [4.69, 9.17) is 8.43 Å². The average Bonchev–Trinajstić information content (AvgIpc) is 2.37. The lowest BCUT2D eigenvalue weighted by atomic mass is 10.3. The van der Waals surface area contributed by atoms with Crippen LogP contribution in [0.4, 0.5) is 4.53 Å². The molecule has 0 aromatic heterocycles. The average molecular weight is 373 g/mol. The molecular weight excluding hydrogens is 338 g/mol. The summed E-state index contributed by atoms with van der Waals surface area (Å²) in [6, 6.07) is 1.66. The van der Waals surface area contributed by atoms with E-state index >= 15 is 0 Å². The number of unbranched alkanes of at least 4 members (excludes halogenated alkanes) is 4. The summed E-state index contributed by atoms with van der Waals surface area (Å²) in [7, 11) is -8.62. The number of halogens is 1. The fraction of sp³-hybridized carbons (Fsp3) is 1.00. The summed E-state index contributed by atoms with van der Waals surface area (Å²) >= 11 is 0. The van der Waals surface area contributed by atoms with E-state index in [1.807, 2.05) is 26.2 Å². The molecule has 0 saturated heterocycles. The quantitative estimate of drug-likeness (QED) is 0.202. The van der Waals surface area contributed by atoms with Crippen molar-refractivity contribution in [3.05, 3.63) is 0 Å². The molecule has 0 amide bonds. The van der Waals surface area contributed by atoms with Crippen LogP contribution in [0.1, 0.15) is 52.4 Å². The van der Waals surface area contributed by atoms with Crippen molar-refractivity contribution in [3.8, 4) is 0 Å². The molecule has 0 spiro atoms. The molecule has 8 heteroatoms. The van der Waals surface area contributed by atoms with Crippen molar-refractivity contribution in [1.29, 1.82) is 0 Å². The van der Waals surface area contributed by atoms with Gasteiger partial charge in [0, 0.05) is 0 Å². The molecule has 0 rings (SSSR count). The Hall–Kier alpha value is 0.474. The molecule has 0 atom stereocenters. The molecule has 0 saturated carbocycles.